The highest BCUT2D eigenvalue weighted by Gasteiger charge is 1.86. The summed E-state index contributed by atoms with van der Waals surface area (Å²) < 4.78 is 0. The smallest absolute Gasteiger partial charge is 0.0296 e. The molecule has 1 atom stereocenters. The van der Waals surface area contributed by atoms with Crippen molar-refractivity contribution < 1.29 is 0 Å². The SMILES string of the molecule is C=CCC=C=CC(N)CC. The van der Waals surface area contributed by atoms with Crippen LogP contribution < -0.4 is 5.73 Å². The van der Waals surface area contributed by atoms with Crippen molar-refractivity contribution in [2.45, 2.75) is 25.8 Å². The van der Waals surface area contributed by atoms with Crippen LogP contribution in [0, 0.1) is 0 Å². The molecule has 1 unspecified atom stereocenters. The molecule has 10 heavy (non-hydrogen) atoms. The highest BCUT2D eigenvalue weighted by Crippen LogP contribution is 1.86. The molecule has 0 radical (unpaired) electrons. The van der Waals surface area contributed by atoms with E-state index in [1.54, 1.807) is 0 Å². The average Bonchev–Trinajstić information content (AvgIpc) is 1.98. The fraction of sp³-hybridized carbons (Fsp3) is 0.444. The minimum Gasteiger partial charge on any atom is -0.324 e. The molecule has 0 bridgehead atoms. The van der Waals surface area contributed by atoms with Gasteiger partial charge in [0, 0.05) is 6.04 Å². The molecule has 0 aromatic rings. The molecule has 0 aliphatic heterocycles. The fourth-order valence-corrected chi connectivity index (χ4v) is 0.461. The first-order valence-corrected chi connectivity index (χ1v) is 3.58. The van der Waals surface area contributed by atoms with E-state index in [1.807, 2.05) is 18.2 Å². The second-order valence-electron chi connectivity index (χ2n) is 2.13. The Kier molecular flexibility index (Phi) is 5.85. The number of hydrogen-bond acceptors (Lipinski definition) is 1. The van der Waals surface area contributed by atoms with Gasteiger partial charge < -0.3 is 5.73 Å². The fourth-order valence-electron chi connectivity index (χ4n) is 0.461. The number of allylic oxidation sites excluding steroid dienone is 1. The molecular formula is C9H15N. The molecule has 1 nitrogen and oxygen atoms in total. The van der Waals surface area contributed by atoms with Gasteiger partial charge in [-0.3, -0.25) is 0 Å². The molecule has 0 amide bonds. The van der Waals surface area contributed by atoms with Crippen molar-refractivity contribution >= 4 is 0 Å². The van der Waals surface area contributed by atoms with Crippen molar-refractivity contribution in [2.24, 2.45) is 5.73 Å². The van der Waals surface area contributed by atoms with Gasteiger partial charge >= 0.3 is 0 Å². The van der Waals surface area contributed by atoms with E-state index in [-0.39, 0.29) is 6.04 Å². The van der Waals surface area contributed by atoms with Crippen LogP contribution in [-0.4, -0.2) is 6.04 Å². The zero-order chi connectivity index (χ0) is 7.82. The molecule has 0 heterocycles. The van der Waals surface area contributed by atoms with Crippen LogP contribution in [-0.2, 0) is 0 Å². The van der Waals surface area contributed by atoms with Crippen LogP contribution in [0.4, 0.5) is 0 Å². The van der Waals surface area contributed by atoms with Gasteiger partial charge in [0.2, 0.25) is 0 Å². The van der Waals surface area contributed by atoms with E-state index in [0.717, 1.165) is 12.8 Å². The molecule has 0 fully saturated rings. The van der Waals surface area contributed by atoms with Gasteiger partial charge in [-0.1, -0.05) is 13.0 Å². The van der Waals surface area contributed by atoms with Crippen LogP contribution in [0.1, 0.15) is 19.8 Å². The summed E-state index contributed by atoms with van der Waals surface area (Å²) in [5.41, 5.74) is 8.58. The largest absolute Gasteiger partial charge is 0.324 e. The number of rotatable bonds is 4. The van der Waals surface area contributed by atoms with Crippen molar-refractivity contribution in [2.75, 3.05) is 0 Å². The second kappa shape index (κ2) is 6.34. The third-order valence-electron chi connectivity index (χ3n) is 1.18. The van der Waals surface area contributed by atoms with Gasteiger partial charge in [-0.15, -0.1) is 12.3 Å². The molecular weight excluding hydrogens is 122 g/mol. The van der Waals surface area contributed by atoms with Gasteiger partial charge in [-0.05, 0) is 25.0 Å². The highest BCUT2D eigenvalue weighted by atomic mass is 14.6. The third-order valence-corrected chi connectivity index (χ3v) is 1.18. The quantitative estimate of drug-likeness (QED) is 0.465. The van der Waals surface area contributed by atoms with Gasteiger partial charge in [-0.2, -0.15) is 0 Å². The van der Waals surface area contributed by atoms with Gasteiger partial charge in [0.15, 0.2) is 0 Å². The lowest BCUT2D eigenvalue weighted by Crippen LogP contribution is -2.13. The van der Waals surface area contributed by atoms with E-state index >= 15 is 0 Å². The Morgan fingerprint density at radius 1 is 1.70 bits per heavy atom. The summed E-state index contributed by atoms with van der Waals surface area (Å²) in [6.07, 6.45) is 7.46. The standard InChI is InChI=1S/C9H15N/c1-3-5-6-7-8-9(10)4-2/h3,6,8-9H,1,4-5,10H2,2H3. The van der Waals surface area contributed by atoms with Crippen LogP contribution in [0.3, 0.4) is 0 Å². The zero-order valence-electron chi connectivity index (χ0n) is 6.51. The molecule has 56 valence electrons. The summed E-state index contributed by atoms with van der Waals surface area (Å²) in [6.45, 7) is 5.63. The molecule has 1 heteroatoms. The zero-order valence-corrected chi connectivity index (χ0v) is 6.51. The molecule has 0 rings (SSSR count). The Labute approximate surface area is 62.9 Å². The Hall–Kier alpha value is -0.780. The minimum atomic E-state index is 0.154. The Morgan fingerprint density at radius 2 is 2.40 bits per heavy atom. The lowest BCUT2D eigenvalue weighted by molar-refractivity contribution is 0.783. The molecule has 0 saturated heterocycles. The van der Waals surface area contributed by atoms with Crippen LogP contribution in [0.15, 0.2) is 30.5 Å². The van der Waals surface area contributed by atoms with Crippen molar-refractivity contribution in [3.8, 4) is 0 Å². The summed E-state index contributed by atoms with van der Waals surface area (Å²) in [7, 11) is 0. The maximum Gasteiger partial charge on any atom is 0.0296 e. The van der Waals surface area contributed by atoms with E-state index in [4.69, 9.17) is 5.73 Å². The summed E-state index contributed by atoms with van der Waals surface area (Å²) in [6, 6.07) is 0.154. The number of nitrogens with two attached hydrogens (primary N) is 1. The first kappa shape index (κ1) is 9.22. The maximum atomic E-state index is 5.59. The first-order chi connectivity index (χ1) is 4.81. The lowest BCUT2D eigenvalue weighted by atomic mass is 10.2. The summed E-state index contributed by atoms with van der Waals surface area (Å²) >= 11 is 0. The predicted molar refractivity (Wildman–Crippen MR) is 45.7 cm³/mol. The van der Waals surface area contributed by atoms with E-state index in [9.17, 15) is 0 Å². The second-order valence-corrected chi connectivity index (χ2v) is 2.13. The predicted octanol–water partition coefficient (Wildman–Crippen LogP) is 2.01. The summed E-state index contributed by atoms with van der Waals surface area (Å²) in [5.74, 6) is 0. The van der Waals surface area contributed by atoms with Crippen LogP contribution in [0.5, 0.6) is 0 Å². The van der Waals surface area contributed by atoms with Crippen molar-refractivity contribution in [1.82, 2.24) is 0 Å². The van der Waals surface area contributed by atoms with Crippen molar-refractivity contribution in [3.05, 3.63) is 30.5 Å². The Bertz CT molecular complexity index is 141. The normalized spacial score (nSPS) is 11.4. The Morgan fingerprint density at radius 3 is 2.90 bits per heavy atom. The monoisotopic (exact) mass is 137 g/mol. The number of hydrogen-bond donors (Lipinski definition) is 1. The molecule has 2 N–H and O–H groups in total. The molecule has 0 aromatic carbocycles. The van der Waals surface area contributed by atoms with E-state index in [0.29, 0.717) is 0 Å². The molecule has 0 aliphatic carbocycles. The van der Waals surface area contributed by atoms with Gasteiger partial charge in [0.05, 0.1) is 0 Å². The topological polar surface area (TPSA) is 26.0 Å². The maximum absolute atomic E-state index is 5.59. The summed E-state index contributed by atoms with van der Waals surface area (Å²) in [4.78, 5) is 0. The van der Waals surface area contributed by atoms with E-state index in [1.165, 1.54) is 0 Å². The van der Waals surface area contributed by atoms with Crippen LogP contribution in [0.25, 0.3) is 0 Å². The van der Waals surface area contributed by atoms with E-state index < -0.39 is 0 Å². The lowest BCUT2D eigenvalue weighted by Gasteiger charge is -1.95. The molecule has 0 aromatic heterocycles. The Balaban J connectivity index is 3.61. The first-order valence-electron chi connectivity index (χ1n) is 3.58. The minimum absolute atomic E-state index is 0.154. The van der Waals surface area contributed by atoms with Gasteiger partial charge in [0.25, 0.3) is 0 Å². The molecule has 0 spiro atoms. The van der Waals surface area contributed by atoms with Crippen LogP contribution in [0.2, 0.25) is 0 Å². The van der Waals surface area contributed by atoms with E-state index in [2.05, 4.69) is 19.2 Å². The average molecular weight is 137 g/mol. The molecule has 0 aliphatic rings. The third kappa shape index (κ3) is 5.36. The van der Waals surface area contributed by atoms with Gasteiger partial charge in [0.1, 0.15) is 0 Å². The van der Waals surface area contributed by atoms with Crippen molar-refractivity contribution in [1.29, 1.82) is 0 Å². The molecule has 0 saturated carbocycles. The van der Waals surface area contributed by atoms with Crippen molar-refractivity contribution in [3.63, 3.8) is 0 Å². The van der Waals surface area contributed by atoms with Gasteiger partial charge in [-0.25, -0.2) is 0 Å². The summed E-state index contributed by atoms with van der Waals surface area (Å²) in [5, 5.41) is 0. The van der Waals surface area contributed by atoms with Crippen LogP contribution >= 0.6 is 0 Å². The highest BCUT2D eigenvalue weighted by molar-refractivity contribution is 4.94.